The number of rotatable bonds is 0. The van der Waals surface area contributed by atoms with E-state index in [1.165, 1.54) is 0 Å². The Balaban J connectivity index is -0.000000157. The summed E-state index contributed by atoms with van der Waals surface area (Å²) in [5.41, 5.74) is 0. The van der Waals surface area contributed by atoms with Gasteiger partial charge in [0.15, 0.2) is 0 Å². The van der Waals surface area contributed by atoms with Gasteiger partial charge >= 0.3 is 0 Å². The Morgan fingerprint density at radius 3 is 1.12 bits per heavy atom. The van der Waals surface area contributed by atoms with Gasteiger partial charge in [0.2, 0.25) is 12.2 Å². The van der Waals surface area contributed by atoms with Crippen LogP contribution in [0.5, 0.6) is 0 Å². The molecule has 0 atom stereocenters. The van der Waals surface area contributed by atoms with Crippen molar-refractivity contribution in [1.82, 2.24) is 0 Å². The van der Waals surface area contributed by atoms with Crippen LogP contribution in [0.25, 0.3) is 0 Å². The summed E-state index contributed by atoms with van der Waals surface area (Å²) in [6.45, 7) is 0. The average Bonchev–Trinajstić information content (AvgIpc) is 3.00. The zero-order valence-corrected chi connectivity index (χ0v) is 10.0. The van der Waals surface area contributed by atoms with E-state index in [2.05, 4.69) is 0 Å². The second-order valence-electron chi connectivity index (χ2n) is 2.13. The molecule has 0 aromatic heterocycles. The van der Waals surface area contributed by atoms with Crippen LogP contribution in [0.15, 0.2) is 60.7 Å². The first-order chi connectivity index (χ1) is 7.83. The molecule has 96 valence electrons. The molecule has 5 heteroatoms. The molecule has 0 unspecified atom stereocenters. The van der Waals surface area contributed by atoms with E-state index in [0.717, 1.165) is 12.2 Å². The molecule has 0 radical (unpaired) electrons. The molecule has 0 saturated heterocycles. The van der Waals surface area contributed by atoms with E-state index in [4.69, 9.17) is 20.4 Å². The summed E-state index contributed by atoms with van der Waals surface area (Å²) in [4.78, 5) is 16.7. The quantitative estimate of drug-likeness (QED) is 0.334. The number of hydrogen-bond donors (Lipinski definition) is 2. The SMILES string of the molecule is N=C=O.N=C=O.[Fe].[cH-]1[cH-][cH-][cH-][cH-]1.c1cc[cH-]c1. The topological polar surface area (TPSA) is 81.8 Å². The molecule has 0 saturated carbocycles. The van der Waals surface area contributed by atoms with Crippen molar-refractivity contribution in [3.8, 4) is 0 Å². The summed E-state index contributed by atoms with van der Waals surface area (Å²) in [5, 5.41) is 10.8. The molecule has 2 rings (SSSR count). The predicted octanol–water partition coefficient (Wildman–Crippen LogP) is 2.61. The number of carbonyl (C=O) groups excluding carboxylic acids is 2. The van der Waals surface area contributed by atoms with Crippen LogP contribution in [0.1, 0.15) is 0 Å². The van der Waals surface area contributed by atoms with Gasteiger partial charge < -0.3 is 30.3 Å². The van der Waals surface area contributed by atoms with Gasteiger partial charge in [0.25, 0.3) is 0 Å². The fraction of sp³-hybridized carbons (Fsp3) is 0. The minimum absolute atomic E-state index is 0. The summed E-state index contributed by atoms with van der Waals surface area (Å²) < 4.78 is 0. The Hall–Kier alpha value is -2.02. The van der Waals surface area contributed by atoms with Crippen LogP contribution in [0.4, 0.5) is 0 Å². The van der Waals surface area contributed by atoms with Gasteiger partial charge in [-0.25, -0.2) is 32.5 Å². The van der Waals surface area contributed by atoms with Crippen LogP contribution in [0, 0.1) is 10.8 Å². The third kappa shape index (κ3) is 31.5. The molecular formula is C12H12FeN2O2-6. The van der Waals surface area contributed by atoms with Crippen molar-refractivity contribution in [2.24, 2.45) is 0 Å². The van der Waals surface area contributed by atoms with Crippen molar-refractivity contribution in [2.75, 3.05) is 0 Å². The number of hydrogen-bond acceptors (Lipinski definition) is 4. The van der Waals surface area contributed by atoms with E-state index >= 15 is 0 Å². The second kappa shape index (κ2) is 23.6. The first-order valence-electron chi connectivity index (χ1n) is 4.24. The number of isocyanates is 2. The third-order valence-corrected chi connectivity index (χ3v) is 1.11. The van der Waals surface area contributed by atoms with Gasteiger partial charge in [-0.05, 0) is 0 Å². The average molecular weight is 272 g/mol. The predicted molar refractivity (Wildman–Crippen MR) is 60.9 cm³/mol. The molecule has 17 heavy (non-hydrogen) atoms. The van der Waals surface area contributed by atoms with Gasteiger partial charge in [0.05, 0.1) is 0 Å². The van der Waals surface area contributed by atoms with Crippen molar-refractivity contribution in [3.05, 3.63) is 60.7 Å². The van der Waals surface area contributed by atoms with Crippen LogP contribution in [-0.2, 0) is 26.7 Å². The van der Waals surface area contributed by atoms with Gasteiger partial charge in [0, 0.05) is 17.1 Å². The van der Waals surface area contributed by atoms with Crippen molar-refractivity contribution in [1.29, 1.82) is 10.8 Å². The maximum absolute atomic E-state index is 8.35. The monoisotopic (exact) mass is 272 g/mol. The van der Waals surface area contributed by atoms with E-state index in [9.17, 15) is 0 Å². The van der Waals surface area contributed by atoms with E-state index in [1.54, 1.807) is 0 Å². The van der Waals surface area contributed by atoms with Crippen molar-refractivity contribution < 1.29 is 26.7 Å². The Labute approximate surface area is 111 Å². The maximum Gasteiger partial charge on any atom is 0.231 e. The standard InChI is InChI=1S/2C5H5.2CHNO.Fe/c2*1-2-4-5-3-1;2*2-1-3;/h2*1-5H;2*2H;/q-5;-1;;;. The molecule has 0 bridgehead atoms. The van der Waals surface area contributed by atoms with E-state index in [0.29, 0.717) is 0 Å². The molecule has 2 aromatic carbocycles. The van der Waals surface area contributed by atoms with E-state index in [-0.39, 0.29) is 17.1 Å². The molecule has 0 aliphatic heterocycles. The molecule has 2 aromatic rings. The molecule has 0 fully saturated rings. The minimum atomic E-state index is 0. The molecule has 4 nitrogen and oxygen atoms in total. The molecule has 0 heterocycles. The molecule has 0 aliphatic rings. The third-order valence-electron chi connectivity index (χ3n) is 1.11. The first kappa shape index (κ1) is 20.4. The summed E-state index contributed by atoms with van der Waals surface area (Å²) in [7, 11) is 0. The minimum Gasteiger partial charge on any atom is -0.748 e. The smallest absolute Gasteiger partial charge is 0.231 e. The molecule has 0 aliphatic carbocycles. The van der Waals surface area contributed by atoms with Crippen LogP contribution in [-0.4, -0.2) is 12.2 Å². The molecular weight excluding hydrogens is 260 g/mol. The molecule has 2 N–H and O–H groups in total. The van der Waals surface area contributed by atoms with Crippen molar-refractivity contribution >= 4 is 12.2 Å². The molecule has 0 spiro atoms. The largest absolute Gasteiger partial charge is 0.748 e. The van der Waals surface area contributed by atoms with Crippen molar-refractivity contribution in [3.63, 3.8) is 0 Å². The summed E-state index contributed by atoms with van der Waals surface area (Å²) in [6.07, 6.45) is 1.50. The Morgan fingerprint density at radius 1 is 0.765 bits per heavy atom. The normalized spacial score (nSPS) is 5.65. The first-order valence-corrected chi connectivity index (χ1v) is 4.24. The maximum atomic E-state index is 8.35. The van der Waals surface area contributed by atoms with Crippen LogP contribution in [0.2, 0.25) is 0 Å². The van der Waals surface area contributed by atoms with Crippen LogP contribution in [0.3, 0.4) is 0 Å². The Kier molecular flexibility index (Phi) is 28.4. The number of nitrogens with one attached hydrogen (secondary N) is 2. The zero-order valence-electron chi connectivity index (χ0n) is 8.94. The van der Waals surface area contributed by atoms with E-state index in [1.807, 2.05) is 60.7 Å². The van der Waals surface area contributed by atoms with Gasteiger partial charge in [-0.2, -0.15) is 18.2 Å². The van der Waals surface area contributed by atoms with Crippen LogP contribution < -0.4 is 0 Å². The van der Waals surface area contributed by atoms with Gasteiger partial charge in [-0.15, -0.1) is 0 Å². The fourth-order valence-corrected chi connectivity index (χ4v) is 0.642. The van der Waals surface area contributed by atoms with Gasteiger partial charge in [0.1, 0.15) is 0 Å². The zero-order chi connectivity index (χ0) is 12.5. The molecule has 0 amide bonds. The summed E-state index contributed by atoms with van der Waals surface area (Å²) in [5.74, 6) is 0. The Morgan fingerprint density at radius 2 is 1.00 bits per heavy atom. The van der Waals surface area contributed by atoms with Gasteiger partial charge in [-0.1, -0.05) is 0 Å². The van der Waals surface area contributed by atoms with Gasteiger partial charge in [-0.3, -0.25) is 0 Å². The van der Waals surface area contributed by atoms with E-state index < -0.39 is 0 Å². The fourth-order valence-electron chi connectivity index (χ4n) is 0.642. The Bertz CT molecular complexity index is 284. The summed E-state index contributed by atoms with van der Waals surface area (Å²) in [6, 6.07) is 20.0. The van der Waals surface area contributed by atoms with Crippen molar-refractivity contribution in [2.45, 2.75) is 0 Å². The second-order valence-corrected chi connectivity index (χ2v) is 2.13. The van der Waals surface area contributed by atoms with Crippen LogP contribution >= 0.6 is 0 Å². The summed E-state index contributed by atoms with van der Waals surface area (Å²) >= 11 is 0.